The van der Waals surface area contributed by atoms with Crippen molar-refractivity contribution in [3.63, 3.8) is 0 Å². The minimum absolute atomic E-state index is 0.0883. The average Bonchev–Trinajstić information content (AvgIpc) is 3.03. The topological polar surface area (TPSA) is 102 Å². The highest BCUT2D eigenvalue weighted by molar-refractivity contribution is 6.02. The molecule has 0 amide bonds. The Morgan fingerprint density at radius 3 is 2.95 bits per heavy atom. The first-order chi connectivity index (χ1) is 10.2. The molecule has 0 unspecified atom stereocenters. The van der Waals surface area contributed by atoms with Crippen LogP contribution in [0.5, 0.6) is 0 Å². The highest BCUT2D eigenvalue weighted by atomic mass is 19.2. The third-order valence-electron chi connectivity index (χ3n) is 2.62. The zero-order valence-corrected chi connectivity index (χ0v) is 10.9. The molecule has 2 aromatic heterocycles. The maximum absolute atomic E-state index is 12.8. The van der Waals surface area contributed by atoms with Gasteiger partial charge >= 0.3 is 0 Å². The predicted molar refractivity (Wildman–Crippen MR) is 75.4 cm³/mol. The number of hydrogen-bond donors (Lipinski definition) is 3. The molecule has 8 heteroatoms. The molecular formula is C13H13F2N5O. The average molecular weight is 293 g/mol. The highest BCUT2D eigenvalue weighted by Crippen LogP contribution is 2.22. The van der Waals surface area contributed by atoms with Crippen LogP contribution in [-0.4, -0.2) is 17.4 Å². The minimum Gasteiger partial charge on any atom is -0.464 e. The van der Waals surface area contributed by atoms with Crippen LogP contribution in [0.1, 0.15) is 5.56 Å². The van der Waals surface area contributed by atoms with E-state index < -0.39 is 12.4 Å². The number of amidine groups is 1. The second-order valence-electron chi connectivity index (χ2n) is 4.00. The van der Waals surface area contributed by atoms with Crippen molar-refractivity contribution in [2.45, 2.75) is 0 Å². The number of nitrogens with two attached hydrogens (primary N) is 2. The van der Waals surface area contributed by atoms with Gasteiger partial charge in [0.1, 0.15) is 29.6 Å². The number of anilines is 1. The lowest BCUT2D eigenvalue weighted by Crippen LogP contribution is -2.32. The maximum atomic E-state index is 12.8. The fraction of sp³-hybridized carbons (Fsp3) is 0.0769. The molecule has 2 rings (SSSR count). The van der Waals surface area contributed by atoms with Crippen LogP contribution in [0.2, 0.25) is 0 Å². The van der Waals surface area contributed by atoms with E-state index in [2.05, 4.69) is 15.4 Å². The summed E-state index contributed by atoms with van der Waals surface area (Å²) in [6, 6.07) is 5.11. The normalized spacial score (nSPS) is 12.5. The van der Waals surface area contributed by atoms with Crippen LogP contribution in [0, 0.1) is 0 Å². The number of hydrogen-bond acceptors (Lipinski definition) is 5. The zero-order valence-electron chi connectivity index (χ0n) is 10.9. The summed E-state index contributed by atoms with van der Waals surface area (Å²) >= 11 is 0. The summed E-state index contributed by atoms with van der Waals surface area (Å²) in [6.45, 7) is -0.500. The Morgan fingerprint density at radius 2 is 2.33 bits per heavy atom. The number of furan rings is 1. The molecule has 2 aromatic rings. The molecule has 0 radical (unpaired) electrons. The van der Waals surface area contributed by atoms with Crippen LogP contribution in [0.4, 0.5) is 14.6 Å². The summed E-state index contributed by atoms with van der Waals surface area (Å²) in [5.74, 6) is 5.13. The van der Waals surface area contributed by atoms with E-state index in [0.29, 0.717) is 16.9 Å². The molecule has 0 aliphatic carbocycles. The van der Waals surface area contributed by atoms with E-state index in [9.17, 15) is 8.78 Å². The third kappa shape index (κ3) is 3.42. The molecule has 0 bridgehead atoms. The van der Waals surface area contributed by atoms with Crippen molar-refractivity contribution in [1.29, 1.82) is 0 Å². The number of nitrogen functional groups attached to an aromatic ring is 1. The van der Waals surface area contributed by atoms with E-state index in [1.807, 2.05) is 0 Å². The molecule has 0 saturated carbocycles. The van der Waals surface area contributed by atoms with Crippen LogP contribution >= 0.6 is 0 Å². The summed E-state index contributed by atoms with van der Waals surface area (Å²) in [5.41, 5.74) is 9.06. The molecule has 0 saturated heterocycles. The lowest BCUT2D eigenvalue weighted by molar-refractivity contribution is 0.570. The molecular weight excluding hydrogens is 280 g/mol. The van der Waals surface area contributed by atoms with Gasteiger partial charge in [0.2, 0.25) is 0 Å². The number of hydrazine groups is 1. The van der Waals surface area contributed by atoms with Gasteiger partial charge in [-0.3, -0.25) is 4.99 Å². The summed E-state index contributed by atoms with van der Waals surface area (Å²) in [6.07, 6.45) is 2.87. The van der Waals surface area contributed by atoms with Gasteiger partial charge in [0.25, 0.3) is 0 Å². The van der Waals surface area contributed by atoms with E-state index in [1.165, 1.54) is 12.5 Å². The van der Waals surface area contributed by atoms with Crippen molar-refractivity contribution in [3.8, 4) is 11.3 Å². The molecule has 5 N–H and O–H groups in total. The Kier molecular flexibility index (Phi) is 4.62. The monoisotopic (exact) mass is 293 g/mol. The van der Waals surface area contributed by atoms with Crippen molar-refractivity contribution in [2.24, 2.45) is 10.8 Å². The van der Waals surface area contributed by atoms with E-state index in [0.717, 1.165) is 0 Å². The summed E-state index contributed by atoms with van der Waals surface area (Å²) in [5, 5.41) is 0. The van der Waals surface area contributed by atoms with Gasteiger partial charge in [-0.25, -0.2) is 19.6 Å². The van der Waals surface area contributed by atoms with Gasteiger partial charge in [0, 0.05) is 11.8 Å². The first-order valence-corrected chi connectivity index (χ1v) is 5.91. The summed E-state index contributed by atoms with van der Waals surface area (Å²) in [4.78, 5) is 7.82. The van der Waals surface area contributed by atoms with E-state index in [1.54, 1.807) is 18.2 Å². The fourth-order valence-electron chi connectivity index (χ4n) is 1.64. The van der Waals surface area contributed by atoms with Crippen LogP contribution in [0.3, 0.4) is 0 Å². The molecule has 0 aliphatic rings. The second-order valence-corrected chi connectivity index (χ2v) is 4.00. The van der Waals surface area contributed by atoms with Gasteiger partial charge in [-0.15, -0.1) is 0 Å². The fourth-order valence-corrected chi connectivity index (χ4v) is 1.64. The Morgan fingerprint density at radius 1 is 1.52 bits per heavy atom. The second kappa shape index (κ2) is 6.62. The number of rotatable bonds is 4. The van der Waals surface area contributed by atoms with Crippen molar-refractivity contribution in [2.75, 3.05) is 12.3 Å². The highest BCUT2D eigenvalue weighted by Gasteiger charge is 2.11. The van der Waals surface area contributed by atoms with Gasteiger partial charge in [0.05, 0.1) is 18.4 Å². The maximum Gasteiger partial charge on any atom is 0.149 e. The molecule has 0 atom stereocenters. The molecule has 2 heterocycles. The Hall–Kier alpha value is -2.74. The smallest absolute Gasteiger partial charge is 0.149 e. The number of aromatic nitrogens is 1. The van der Waals surface area contributed by atoms with Crippen molar-refractivity contribution >= 4 is 11.7 Å². The summed E-state index contributed by atoms with van der Waals surface area (Å²) < 4.78 is 30.0. The third-order valence-corrected chi connectivity index (χ3v) is 2.62. The van der Waals surface area contributed by atoms with Gasteiger partial charge in [-0.2, -0.15) is 0 Å². The van der Waals surface area contributed by atoms with Crippen molar-refractivity contribution in [3.05, 3.63) is 48.4 Å². The first kappa shape index (κ1) is 14.7. The van der Waals surface area contributed by atoms with Crippen LogP contribution in [0.25, 0.3) is 11.3 Å². The lowest BCUT2D eigenvalue weighted by atomic mass is 10.1. The van der Waals surface area contributed by atoms with E-state index in [4.69, 9.17) is 16.0 Å². The van der Waals surface area contributed by atoms with Crippen molar-refractivity contribution in [1.82, 2.24) is 10.4 Å². The van der Waals surface area contributed by atoms with Crippen LogP contribution in [0.15, 0.2) is 52.2 Å². The van der Waals surface area contributed by atoms with Gasteiger partial charge in [0.15, 0.2) is 0 Å². The molecule has 110 valence electrons. The number of pyridine rings is 1. The van der Waals surface area contributed by atoms with E-state index in [-0.39, 0.29) is 18.0 Å². The lowest BCUT2D eigenvalue weighted by Gasteiger charge is -2.09. The standard InChI is InChI=1S/C13H13F2N5O/c14-5-9(15)7-19-13(20-17)10-4-8(6-18-12(10)16)11-2-1-3-21-11/h1-6H,7,17H2,(H2,16,18)(H,19,20)/b9-5-. The van der Waals surface area contributed by atoms with Crippen molar-refractivity contribution < 1.29 is 13.2 Å². The zero-order chi connectivity index (χ0) is 15.2. The first-order valence-electron chi connectivity index (χ1n) is 5.91. The van der Waals surface area contributed by atoms with E-state index >= 15 is 0 Å². The Balaban J connectivity index is 2.39. The SMILES string of the molecule is NNC(=NC/C(F)=C/F)c1cc(-c2ccco2)cnc1N. The van der Waals surface area contributed by atoms with Gasteiger partial charge < -0.3 is 15.6 Å². The molecule has 0 aromatic carbocycles. The van der Waals surface area contributed by atoms with Gasteiger partial charge in [-0.1, -0.05) is 0 Å². The molecule has 0 aliphatic heterocycles. The Bertz CT molecular complexity index is 667. The number of halogens is 2. The van der Waals surface area contributed by atoms with Crippen LogP contribution in [-0.2, 0) is 0 Å². The van der Waals surface area contributed by atoms with Crippen LogP contribution < -0.4 is 17.0 Å². The quantitative estimate of drug-likeness (QED) is 0.346. The number of aliphatic imine (C=N–C) groups is 1. The largest absolute Gasteiger partial charge is 0.464 e. The molecule has 0 fully saturated rings. The molecule has 21 heavy (non-hydrogen) atoms. The molecule has 6 nitrogen and oxygen atoms in total. The number of nitrogens with one attached hydrogen (secondary N) is 1. The Labute approximate surface area is 119 Å². The molecule has 0 spiro atoms. The predicted octanol–water partition coefficient (Wildman–Crippen LogP) is 1.91. The summed E-state index contributed by atoms with van der Waals surface area (Å²) in [7, 11) is 0. The number of nitrogens with zero attached hydrogens (tertiary/aromatic N) is 2. The minimum atomic E-state index is -1.03. The van der Waals surface area contributed by atoms with Gasteiger partial charge in [-0.05, 0) is 18.2 Å².